The van der Waals surface area contributed by atoms with Gasteiger partial charge in [-0.25, -0.2) is 0 Å². The van der Waals surface area contributed by atoms with Gasteiger partial charge in [-0.1, -0.05) is 168 Å². The highest BCUT2D eigenvalue weighted by atomic mass is 16.5. The van der Waals surface area contributed by atoms with Crippen LogP contribution in [-0.4, -0.2) is 12.6 Å². The molecule has 0 aromatic carbocycles. The molecule has 0 saturated heterocycles. The van der Waals surface area contributed by atoms with Gasteiger partial charge in [0.05, 0.1) is 12.5 Å². The normalized spacial score (nSPS) is 12.2. The van der Waals surface area contributed by atoms with Crippen LogP contribution in [0.2, 0.25) is 0 Å². The van der Waals surface area contributed by atoms with E-state index in [-0.39, 0.29) is 11.9 Å². The molecule has 0 N–H and O–H groups in total. The Hall–Kier alpha value is -0.530. The van der Waals surface area contributed by atoms with Gasteiger partial charge in [-0.15, -0.1) is 0 Å². The monoisotopic (exact) mass is 480 g/mol. The molecule has 0 spiro atoms. The van der Waals surface area contributed by atoms with Gasteiger partial charge < -0.3 is 4.74 Å². The van der Waals surface area contributed by atoms with Crippen LogP contribution < -0.4 is 0 Å². The number of esters is 1. The molecule has 0 heterocycles. The van der Waals surface area contributed by atoms with Crippen molar-refractivity contribution < 1.29 is 9.53 Å². The molecule has 0 aliphatic heterocycles. The molecule has 0 radical (unpaired) electrons. The molecular weight excluding hydrogens is 416 g/mol. The van der Waals surface area contributed by atoms with E-state index in [1.807, 2.05) is 0 Å². The van der Waals surface area contributed by atoms with Crippen LogP contribution in [0.5, 0.6) is 0 Å². The maximum atomic E-state index is 12.8. The van der Waals surface area contributed by atoms with E-state index >= 15 is 0 Å². The van der Waals surface area contributed by atoms with E-state index in [9.17, 15) is 4.79 Å². The van der Waals surface area contributed by atoms with Gasteiger partial charge in [0.25, 0.3) is 0 Å². The molecule has 0 aliphatic carbocycles. The quantitative estimate of drug-likeness (QED) is 0.0821. The van der Waals surface area contributed by atoms with Gasteiger partial charge in [0, 0.05) is 0 Å². The molecule has 0 aromatic rings. The lowest BCUT2D eigenvalue weighted by Crippen LogP contribution is -2.18. The predicted octanol–water partition coefficient (Wildman–Crippen LogP) is 11.3. The Bertz CT molecular complexity index is 392. The molecule has 0 rings (SSSR count). The lowest BCUT2D eigenvalue weighted by molar-refractivity contribution is -0.149. The summed E-state index contributed by atoms with van der Waals surface area (Å²) in [6, 6.07) is 0. The smallest absolute Gasteiger partial charge is 0.308 e. The molecule has 0 amide bonds. The standard InChI is InChI=1S/C32H64O2/c1-4-7-10-13-16-17-18-19-20-21-23-26-29-31(28-25-22-14-11-8-5-2)32(33)34-30-27-24-15-12-9-6-3/h31H,4-30H2,1-3H3. The zero-order valence-electron chi connectivity index (χ0n) is 24.0. The first-order valence-corrected chi connectivity index (χ1v) is 15.9. The van der Waals surface area contributed by atoms with Crippen molar-refractivity contribution in [1.82, 2.24) is 0 Å². The Labute approximate surface area is 215 Å². The molecule has 2 nitrogen and oxygen atoms in total. The average molecular weight is 481 g/mol. The number of ether oxygens (including phenoxy) is 1. The highest BCUT2D eigenvalue weighted by Gasteiger charge is 2.19. The average Bonchev–Trinajstić information content (AvgIpc) is 2.84. The Morgan fingerprint density at radius 3 is 1.09 bits per heavy atom. The molecule has 0 aromatic heterocycles. The van der Waals surface area contributed by atoms with Crippen LogP contribution in [0.3, 0.4) is 0 Å². The molecule has 0 saturated carbocycles. The van der Waals surface area contributed by atoms with E-state index < -0.39 is 0 Å². The van der Waals surface area contributed by atoms with Crippen LogP contribution in [0, 0.1) is 5.92 Å². The first-order valence-electron chi connectivity index (χ1n) is 15.9. The molecule has 2 heteroatoms. The Morgan fingerprint density at radius 2 is 0.735 bits per heavy atom. The topological polar surface area (TPSA) is 26.3 Å². The maximum absolute atomic E-state index is 12.8. The molecule has 204 valence electrons. The second-order valence-corrected chi connectivity index (χ2v) is 10.9. The van der Waals surface area contributed by atoms with Crippen LogP contribution in [0.15, 0.2) is 0 Å². The van der Waals surface area contributed by atoms with Gasteiger partial charge in [0.2, 0.25) is 0 Å². The molecule has 1 unspecified atom stereocenters. The second-order valence-electron chi connectivity index (χ2n) is 10.9. The summed E-state index contributed by atoms with van der Waals surface area (Å²) in [6.07, 6.45) is 33.8. The van der Waals surface area contributed by atoms with Gasteiger partial charge in [-0.05, 0) is 19.3 Å². The van der Waals surface area contributed by atoms with Crippen molar-refractivity contribution in [2.24, 2.45) is 5.92 Å². The minimum atomic E-state index is 0.102. The van der Waals surface area contributed by atoms with E-state index in [0.717, 1.165) is 19.3 Å². The van der Waals surface area contributed by atoms with Crippen molar-refractivity contribution in [3.63, 3.8) is 0 Å². The van der Waals surface area contributed by atoms with Crippen molar-refractivity contribution in [2.45, 2.75) is 188 Å². The molecule has 1 atom stereocenters. The minimum Gasteiger partial charge on any atom is -0.465 e. The van der Waals surface area contributed by atoms with Crippen LogP contribution in [0.25, 0.3) is 0 Å². The maximum Gasteiger partial charge on any atom is 0.308 e. The van der Waals surface area contributed by atoms with Crippen molar-refractivity contribution in [3.8, 4) is 0 Å². The lowest BCUT2D eigenvalue weighted by atomic mass is 9.94. The Morgan fingerprint density at radius 1 is 0.441 bits per heavy atom. The third-order valence-electron chi connectivity index (χ3n) is 7.39. The molecular formula is C32H64O2. The third kappa shape index (κ3) is 24.6. The van der Waals surface area contributed by atoms with Crippen LogP contribution in [0.1, 0.15) is 188 Å². The number of hydrogen-bond acceptors (Lipinski definition) is 2. The fourth-order valence-electron chi connectivity index (χ4n) is 4.96. The summed E-state index contributed by atoms with van der Waals surface area (Å²) in [5, 5.41) is 0. The van der Waals surface area contributed by atoms with E-state index in [0.29, 0.717) is 6.61 Å². The Balaban J connectivity index is 3.95. The fraction of sp³-hybridized carbons (Fsp3) is 0.969. The third-order valence-corrected chi connectivity index (χ3v) is 7.39. The molecule has 34 heavy (non-hydrogen) atoms. The van der Waals surface area contributed by atoms with Gasteiger partial charge in [-0.3, -0.25) is 4.79 Å². The van der Waals surface area contributed by atoms with E-state index in [4.69, 9.17) is 4.74 Å². The van der Waals surface area contributed by atoms with Gasteiger partial charge in [0.15, 0.2) is 0 Å². The van der Waals surface area contributed by atoms with E-state index in [1.165, 1.54) is 148 Å². The number of carbonyl (C=O) groups excluding carboxylic acids is 1. The number of rotatable bonds is 28. The zero-order valence-corrected chi connectivity index (χ0v) is 24.0. The molecule has 0 bridgehead atoms. The first kappa shape index (κ1) is 33.5. The van der Waals surface area contributed by atoms with Crippen LogP contribution >= 0.6 is 0 Å². The zero-order chi connectivity index (χ0) is 25.0. The summed E-state index contributed by atoms with van der Waals surface area (Å²) in [7, 11) is 0. The van der Waals surface area contributed by atoms with Crippen LogP contribution in [0.4, 0.5) is 0 Å². The van der Waals surface area contributed by atoms with Gasteiger partial charge >= 0.3 is 5.97 Å². The second kappa shape index (κ2) is 28.7. The fourth-order valence-corrected chi connectivity index (χ4v) is 4.96. The minimum absolute atomic E-state index is 0.102. The lowest BCUT2D eigenvalue weighted by Gasteiger charge is -2.16. The summed E-state index contributed by atoms with van der Waals surface area (Å²) in [5.41, 5.74) is 0. The number of unbranched alkanes of at least 4 members (excludes halogenated alkanes) is 21. The van der Waals surface area contributed by atoms with Gasteiger partial charge in [0.1, 0.15) is 0 Å². The molecule has 0 fully saturated rings. The van der Waals surface area contributed by atoms with Gasteiger partial charge in [-0.2, -0.15) is 0 Å². The van der Waals surface area contributed by atoms with Crippen molar-refractivity contribution in [1.29, 1.82) is 0 Å². The summed E-state index contributed by atoms with van der Waals surface area (Å²) in [6.45, 7) is 7.44. The van der Waals surface area contributed by atoms with E-state index in [1.54, 1.807) is 0 Å². The van der Waals surface area contributed by atoms with Crippen molar-refractivity contribution in [3.05, 3.63) is 0 Å². The summed E-state index contributed by atoms with van der Waals surface area (Å²) in [5.74, 6) is 0.250. The van der Waals surface area contributed by atoms with Crippen molar-refractivity contribution in [2.75, 3.05) is 6.61 Å². The molecule has 0 aliphatic rings. The number of carbonyl (C=O) groups is 1. The summed E-state index contributed by atoms with van der Waals surface area (Å²) in [4.78, 5) is 12.8. The predicted molar refractivity (Wildman–Crippen MR) is 152 cm³/mol. The Kier molecular flexibility index (Phi) is 28.3. The largest absolute Gasteiger partial charge is 0.465 e. The first-order chi connectivity index (χ1) is 16.8. The SMILES string of the molecule is CCCCCCCCCCCCCCC(CCCCCCCC)C(=O)OCCCCCCCC. The number of hydrogen-bond donors (Lipinski definition) is 0. The summed E-state index contributed by atoms with van der Waals surface area (Å²) >= 11 is 0. The highest BCUT2D eigenvalue weighted by molar-refractivity contribution is 5.72. The highest BCUT2D eigenvalue weighted by Crippen LogP contribution is 2.21. The van der Waals surface area contributed by atoms with Crippen molar-refractivity contribution >= 4 is 5.97 Å². The van der Waals surface area contributed by atoms with E-state index in [2.05, 4.69) is 20.8 Å². The van der Waals surface area contributed by atoms with Crippen LogP contribution in [-0.2, 0) is 9.53 Å². The summed E-state index contributed by atoms with van der Waals surface area (Å²) < 4.78 is 5.72.